The maximum absolute atomic E-state index is 11.6. The lowest BCUT2D eigenvalue weighted by Gasteiger charge is -2.36. The van der Waals surface area contributed by atoms with Crippen LogP contribution < -0.4 is 9.64 Å². The number of aromatic nitrogens is 2. The van der Waals surface area contributed by atoms with Gasteiger partial charge in [-0.2, -0.15) is 4.98 Å². The molecule has 0 radical (unpaired) electrons. The van der Waals surface area contributed by atoms with E-state index < -0.39 is 0 Å². The lowest BCUT2D eigenvalue weighted by molar-refractivity contribution is -0.141. The number of ether oxygens (including phenoxy) is 2. The largest absolute Gasteiger partial charge is 0.474 e. The summed E-state index contributed by atoms with van der Waals surface area (Å²) >= 11 is 0. The van der Waals surface area contributed by atoms with E-state index in [1.807, 2.05) is 13.8 Å². The number of nitrogens with zero attached hydrogens (tertiary/aromatic N) is 3. The third-order valence-electron chi connectivity index (χ3n) is 3.51. The second-order valence-electron chi connectivity index (χ2n) is 5.51. The van der Waals surface area contributed by atoms with Gasteiger partial charge in [-0.1, -0.05) is 0 Å². The molecule has 6 heteroatoms. The standard InChI is InChI=1S/C15H23N3O3/c1-11(2)21-14-10-16-9-13(17-14)18-7-5-4-6-12(18)8-15(19)20-3/h9-12H,4-8H2,1-3H3. The van der Waals surface area contributed by atoms with Crippen molar-refractivity contribution >= 4 is 11.8 Å². The minimum atomic E-state index is -0.186. The van der Waals surface area contributed by atoms with Crippen molar-refractivity contribution in [3.63, 3.8) is 0 Å². The molecule has 0 bridgehead atoms. The lowest BCUT2D eigenvalue weighted by atomic mass is 9.99. The molecule has 0 amide bonds. The third-order valence-corrected chi connectivity index (χ3v) is 3.51. The second-order valence-corrected chi connectivity index (χ2v) is 5.51. The molecule has 1 atom stereocenters. The molecule has 0 saturated carbocycles. The number of esters is 1. The minimum absolute atomic E-state index is 0.0572. The van der Waals surface area contributed by atoms with Crippen molar-refractivity contribution in [2.24, 2.45) is 0 Å². The Hall–Kier alpha value is -1.85. The highest BCUT2D eigenvalue weighted by Gasteiger charge is 2.26. The smallest absolute Gasteiger partial charge is 0.307 e. The van der Waals surface area contributed by atoms with Crippen molar-refractivity contribution in [2.75, 3.05) is 18.6 Å². The van der Waals surface area contributed by atoms with Crippen molar-refractivity contribution < 1.29 is 14.3 Å². The summed E-state index contributed by atoms with van der Waals surface area (Å²) in [4.78, 5) is 22.4. The molecule has 1 aromatic rings. The summed E-state index contributed by atoms with van der Waals surface area (Å²) in [5.74, 6) is 1.10. The van der Waals surface area contributed by atoms with Gasteiger partial charge in [-0.15, -0.1) is 0 Å². The van der Waals surface area contributed by atoms with Crippen LogP contribution in [0.25, 0.3) is 0 Å². The Kier molecular flexibility index (Phi) is 5.36. The average molecular weight is 293 g/mol. The van der Waals surface area contributed by atoms with Gasteiger partial charge >= 0.3 is 5.97 Å². The molecule has 1 saturated heterocycles. The van der Waals surface area contributed by atoms with Crippen LogP contribution in [0.5, 0.6) is 5.88 Å². The lowest BCUT2D eigenvalue weighted by Crippen LogP contribution is -2.41. The van der Waals surface area contributed by atoms with Crippen LogP contribution in [0, 0.1) is 0 Å². The maximum atomic E-state index is 11.6. The molecule has 6 nitrogen and oxygen atoms in total. The SMILES string of the molecule is COC(=O)CC1CCCCN1c1cncc(OC(C)C)n1. The number of methoxy groups -OCH3 is 1. The van der Waals surface area contributed by atoms with Gasteiger partial charge in [0.1, 0.15) is 0 Å². The molecule has 1 aliphatic rings. The normalized spacial score (nSPS) is 18.7. The van der Waals surface area contributed by atoms with E-state index in [9.17, 15) is 4.79 Å². The predicted molar refractivity (Wildman–Crippen MR) is 79.4 cm³/mol. The molecule has 0 spiro atoms. The van der Waals surface area contributed by atoms with E-state index in [2.05, 4.69) is 14.9 Å². The zero-order valence-corrected chi connectivity index (χ0v) is 12.9. The molecule has 116 valence electrons. The maximum Gasteiger partial charge on any atom is 0.307 e. The Morgan fingerprint density at radius 3 is 2.95 bits per heavy atom. The Balaban J connectivity index is 2.14. The first kappa shape index (κ1) is 15.5. The topological polar surface area (TPSA) is 64.5 Å². The molecular formula is C15H23N3O3. The van der Waals surface area contributed by atoms with Crippen LogP contribution >= 0.6 is 0 Å². The van der Waals surface area contributed by atoms with Crippen molar-refractivity contribution in [3.05, 3.63) is 12.4 Å². The van der Waals surface area contributed by atoms with E-state index in [-0.39, 0.29) is 18.1 Å². The summed E-state index contributed by atoms with van der Waals surface area (Å²) in [5, 5.41) is 0. The monoisotopic (exact) mass is 293 g/mol. The number of carbonyl (C=O) groups excluding carboxylic acids is 1. The minimum Gasteiger partial charge on any atom is -0.474 e. The van der Waals surface area contributed by atoms with E-state index in [1.165, 1.54) is 7.11 Å². The molecule has 1 unspecified atom stereocenters. The fourth-order valence-corrected chi connectivity index (χ4v) is 2.57. The number of anilines is 1. The summed E-state index contributed by atoms with van der Waals surface area (Å²) in [6.45, 7) is 4.78. The Labute approximate surface area is 125 Å². The molecule has 1 aromatic heterocycles. The molecule has 1 aliphatic heterocycles. The predicted octanol–water partition coefficient (Wildman–Crippen LogP) is 2.19. The van der Waals surface area contributed by atoms with Crippen LogP contribution in [0.4, 0.5) is 5.82 Å². The molecule has 0 N–H and O–H groups in total. The summed E-state index contributed by atoms with van der Waals surface area (Å²) in [7, 11) is 1.42. The van der Waals surface area contributed by atoms with Gasteiger partial charge in [-0.05, 0) is 33.1 Å². The number of piperidine rings is 1. The Morgan fingerprint density at radius 1 is 1.43 bits per heavy atom. The van der Waals surface area contributed by atoms with Crippen LogP contribution in [0.3, 0.4) is 0 Å². The fraction of sp³-hybridized carbons (Fsp3) is 0.667. The van der Waals surface area contributed by atoms with Gasteiger partial charge in [0, 0.05) is 12.6 Å². The molecule has 21 heavy (non-hydrogen) atoms. The van der Waals surface area contributed by atoms with E-state index >= 15 is 0 Å². The molecule has 1 fully saturated rings. The highest BCUT2D eigenvalue weighted by molar-refractivity contribution is 5.70. The fourth-order valence-electron chi connectivity index (χ4n) is 2.57. The zero-order valence-electron chi connectivity index (χ0n) is 12.9. The van der Waals surface area contributed by atoms with Crippen LogP contribution in [-0.4, -0.2) is 41.7 Å². The van der Waals surface area contributed by atoms with Gasteiger partial charge < -0.3 is 14.4 Å². The van der Waals surface area contributed by atoms with E-state index in [0.29, 0.717) is 12.3 Å². The average Bonchev–Trinajstić information content (AvgIpc) is 2.47. The zero-order chi connectivity index (χ0) is 15.2. The van der Waals surface area contributed by atoms with Crippen LogP contribution in [0.1, 0.15) is 39.5 Å². The van der Waals surface area contributed by atoms with Crippen LogP contribution in [0.15, 0.2) is 12.4 Å². The summed E-state index contributed by atoms with van der Waals surface area (Å²) < 4.78 is 10.4. The number of carbonyl (C=O) groups is 1. The van der Waals surface area contributed by atoms with Crippen molar-refractivity contribution in [1.29, 1.82) is 0 Å². The quantitative estimate of drug-likeness (QED) is 0.775. The first-order chi connectivity index (χ1) is 10.1. The summed E-state index contributed by atoms with van der Waals surface area (Å²) in [6, 6.07) is 0.120. The molecule has 2 heterocycles. The Morgan fingerprint density at radius 2 is 2.24 bits per heavy atom. The summed E-state index contributed by atoms with van der Waals surface area (Å²) in [6.07, 6.45) is 6.95. The third kappa shape index (κ3) is 4.31. The Bertz CT molecular complexity index is 479. The van der Waals surface area contributed by atoms with Crippen LogP contribution in [0.2, 0.25) is 0 Å². The van der Waals surface area contributed by atoms with Gasteiger partial charge in [-0.3, -0.25) is 9.78 Å². The molecule has 0 aliphatic carbocycles. The van der Waals surface area contributed by atoms with Gasteiger partial charge in [0.15, 0.2) is 5.82 Å². The molecular weight excluding hydrogens is 270 g/mol. The van der Waals surface area contributed by atoms with Crippen molar-refractivity contribution in [1.82, 2.24) is 9.97 Å². The van der Waals surface area contributed by atoms with E-state index in [4.69, 9.17) is 9.47 Å². The number of rotatable bonds is 5. The van der Waals surface area contributed by atoms with Gasteiger partial charge in [0.2, 0.25) is 5.88 Å². The summed E-state index contributed by atoms with van der Waals surface area (Å²) in [5.41, 5.74) is 0. The van der Waals surface area contributed by atoms with E-state index in [1.54, 1.807) is 12.4 Å². The number of hydrogen-bond acceptors (Lipinski definition) is 6. The first-order valence-corrected chi connectivity index (χ1v) is 7.42. The molecule has 2 rings (SSSR count). The van der Waals surface area contributed by atoms with Gasteiger partial charge in [0.05, 0.1) is 32.0 Å². The molecule has 0 aromatic carbocycles. The van der Waals surface area contributed by atoms with Crippen molar-refractivity contribution in [2.45, 2.75) is 51.7 Å². The van der Waals surface area contributed by atoms with Crippen molar-refractivity contribution in [3.8, 4) is 5.88 Å². The van der Waals surface area contributed by atoms with Gasteiger partial charge in [-0.25, -0.2) is 0 Å². The highest BCUT2D eigenvalue weighted by Crippen LogP contribution is 2.26. The van der Waals surface area contributed by atoms with Gasteiger partial charge in [0.25, 0.3) is 0 Å². The highest BCUT2D eigenvalue weighted by atomic mass is 16.5. The second kappa shape index (κ2) is 7.24. The first-order valence-electron chi connectivity index (χ1n) is 7.42. The number of hydrogen-bond donors (Lipinski definition) is 0. The van der Waals surface area contributed by atoms with Crippen LogP contribution in [-0.2, 0) is 9.53 Å². The van der Waals surface area contributed by atoms with E-state index in [0.717, 1.165) is 31.6 Å².